The van der Waals surface area contributed by atoms with Crippen molar-refractivity contribution in [1.82, 2.24) is 0 Å². The van der Waals surface area contributed by atoms with Gasteiger partial charge in [-0.25, -0.2) is 0 Å². The minimum absolute atomic E-state index is 0.000738. The first-order chi connectivity index (χ1) is 6.66. The Balaban J connectivity index is 2.95. The number of anilines is 1. The van der Waals surface area contributed by atoms with Gasteiger partial charge in [-0.05, 0) is 11.3 Å². The molecule has 2 N–H and O–H groups in total. The molecule has 0 bridgehead atoms. The topological polar surface area (TPSA) is 69.2 Å². The minimum atomic E-state index is -0.449. The molecule has 0 amide bonds. The van der Waals surface area contributed by atoms with Gasteiger partial charge in [-0.1, -0.05) is 19.1 Å². The van der Waals surface area contributed by atoms with E-state index in [9.17, 15) is 10.1 Å². The summed E-state index contributed by atoms with van der Waals surface area (Å²) in [5, 5.41) is 10.6. The molecule has 76 valence electrons. The van der Waals surface area contributed by atoms with Crippen LogP contribution in [0.25, 0.3) is 0 Å². The molecule has 1 rings (SSSR count). The van der Waals surface area contributed by atoms with E-state index < -0.39 is 4.92 Å². The fourth-order valence-electron chi connectivity index (χ4n) is 1.10. The normalized spacial score (nSPS) is 10.1. The van der Waals surface area contributed by atoms with Crippen LogP contribution in [0.15, 0.2) is 18.2 Å². The highest BCUT2D eigenvalue weighted by Gasteiger charge is 2.13. The SMILES string of the molecule is CCSCc1cccc([N+](=O)[O-])c1N. The molecule has 0 radical (unpaired) electrons. The fourth-order valence-corrected chi connectivity index (χ4v) is 1.77. The van der Waals surface area contributed by atoms with Crippen molar-refractivity contribution in [3.05, 3.63) is 33.9 Å². The molecular weight excluding hydrogens is 200 g/mol. The second-order valence-corrected chi connectivity index (χ2v) is 4.02. The van der Waals surface area contributed by atoms with Gasteiger partial charge in [-0.3, -0.25) is 10.1 Å². The molecule has 0 heterocycles. The van der Waals surface area contributed by atoms with Gasteiger partial charge in [0, 0.05) is 11.8 Å². The summed E-state index contributed by atoms with van der Waals surface area (Å²) in [6, 6.07) is 4.92. The van der Waals surface area contributed by atoms with Crippen molar-refractivity contribution in [2.45, 2.75) is 12.7 Å². The fraction of sp³-hybridized carbons (Fsp3) is 0.333. The van der Waals surface area contributed by atoms with Crippen LogP contribution in [0.1, 0.15) is 12.5 Å². The lowest BCUT2D eigenvalue weighted by Crippen LogP contribution is -1.99. The maximum atomic E-state index is 10.6. The first-order valence-corrected chi connectivity index (χ1v) is 5.41. The van der Waals surface area contributed by atoms with Crippen molar-refractivity contribution in [1.29, 1.82) is 0 Å². The van der Waals surface area contributed by atoms with Gasteiger partial charge in [0.25, 0.3) is 5.69 Å². The summed E-state index contributed by atoms with van der Waals surface area (Å²) in [5.74, 6) is 1.70. The number of nitro benzene ring substituents is 1. The van der Waals surface area contributed by atoms with Crippen LogP contribution in [0.4, 0.5) is 11.4 Å². The summed E-state index contributed by atoms with van der Waals surface area (Å²) in [7, 11) is 0. The Morgan fingerprint density at radius 2 is 2.29 bits per heavy atom. The molecule has 0 aliphatic carbocycles. The summed E-state index contributed by atoms with van der Waals surface area (Å²) in [4.78, 5) is 10.1. The Labute approximate surface area is 86.6 Å². The van der Waals surface area contributed by atoms with E-state index >= 15 is 0 Å². The number of thioether (sulfide) groups is 1. The molecule has 0 spiro atoms. The Bertz CT molecular complexity index is 342. The molecule has 0 aliphatic heterocycles. The smallest absolute Gasteiger partial charge is 0.292 e. The quantitative estimate of drug-likeness (QED) is 0.472. The van der Waals surface area contributed by atoms with E-state index in [1.165, 1.54) is 6.07 Å². The molecule has 0 saturated carbocycles. The predicted octanol–water partition coefficient (Wildman–Crippen LogP) is 2.43. The van der Waals surface area contributed by atoms with E-state index in [1.807, 2.05) is 13.0 Å². The van der Waals surface area contributed by atoms with E-state index in [1.54, 1.807) is 17.8 Å². The van der Waals surface area contributed by atoms with Crippen LogP contribution < -0.4 is 5.73 Å². The molecule has 1 aromatic carbocycles. The number of hydrogen-bond acceptors (Lipinski definition) is 4. The van der Waals surface area contributed by atoms with Crippen molar-refractivity contribution >= 4 is 23.1 Å². The van der Waals surface area contributed by atoms with Gasteiger partial charge in [-0.2, -0.15) is 11.8 Å². The summed E-state index contributed by atoms with van der Waals surface area (Å²) in [6.45, 7) is 2.04. The Morgan fingerprint density at radius 1 is 1.57 bits per heavy atom. The van der Waals surface area contributed by atoms with Crippen molar-refractivity contribution in [2.24, 2.45) is 0 Å². The minimum Gasteiger partial charge on any atom is -0.393 e. The molecule has 0 atom stereocenters. The standard InChI is InChI=1S/C9H12N2O2S/c1-2-14-6-7-4-3-5-8(9(7)10)11(12)13/h3-5H,2,6,10H2,1H3. The third-order valence-corrected chi connectivity index (χ3v) is 2.76. The number of nitro groups is 1. The predicted molar refractivity (Wildman–Crippen MR) is 59.3 cm³/mol. The Hall–Kier alpha value is -1.23. The van der Waals surface area contributed by atoms with E-state index in [0.29, 0.717) is 5.69 Å². The number of benzene rings is 1. The third-order valence-electron chi connectivity index (χ3n) is 1.83. The number of rotatable bonds is 4. The van der Waals surface area contributed by atoms with Crippen molar-refractivity contribution in [3.63, 3.8) is 0 Å². The summed E-state index contributed by atoms with van der Waals surface area (Å²) < 4.78 is 0. The van der Waals surface area contributed by atoms with Crippen LogP contribution in [-0.4, -0.2) is 10.7 Å². The van der Waals surface area contributed by atoms with Crippen molar-refractivity contribution < 1.29 is 4.92 Å². The number of nitrogens with zero attached hydrogens (tertiary/aromatic N) is 1. The van der Waals surface area contributed by atoms with Gasteiger partial charge in [0.2, 0.25) is 0 Å². The Kier molecular flexibility index (Phi) is 3.76. The number of nitrogen functional groups attached to an aromatic ring is 1. The van der Waals surface area contributed by atoms with Crippen molar-refractivity contribution in [3.8, 4) is 0 Å². The van der Waals surface area contributed by atoms with Crippen LogP contribution in [-0.2, 0) is 5.75 Å². The highest BCUT2D eigenvalue weighted by atomic mass is 32.2. The summed E-state index contributed by atoms with van der Waals surface area (Å²) in [5.41, 5.74) is 6.80. The second-order valence-electron chi connectivity index (χ2n) is 2.74. The molecule has 5 heteroatoms. The molecule has 0 fully saturated rings. The lowest BCUT2D eigenvalue weighted by molar-refractivity contribution is -0.383. The monoisotopic (exact) mass is 212 g/mol. The molecule has 0 aliphatic rings. The summed E-state index contributed by atoms with van der Waals surface area (Å²) >= 11 is 1.69. The van der Waals surface area contributed by atoms with Gasteiger partial charge in [0.05, 0.1) is 4.92 Å². The largest absolute Gasteiger partial charge is 0.393 e. The highest BCUT2D eigenvalue weighted by molar-refractivity contribution is 7.98. The lowest BCUT2D eigenvalue weighted by atomic mass is 10.2. The van der Waals surface area contributed by atoms with Crippen LogP contribution >= 0.6 is 11.8 Å². The first kappa shape index (κ1) is 10.8. The van der Waals surface area contributed by atoms with Crippen LogP contribution in [0, 0.1) is 10.1 Å². The zero-order valence-corrected chi connectivity index (χ0v) is 8.71. The zero-order valence-electron chi connectivity index (χ0n) is 7.90. The number of para-hydroxylation sites is 1. The summed E-state index contributed by atoms with van der Waals surface area (Å²) in [6.07, 6.45) is 0. The molecule has 14 heavy (non-hydrogen) atoms. The highest BCUT2D eigenvalue weighted by Crippen LogP contribution is 2.27. The van der Waals surface area contributed by atoms with E-state index in [0.717, 1.165) is 17.1 Å². The van der Waals surface area contributed by atoms with Gasteiger partial charge in [0.1, 0.15) is 5.69 Å². The Morgan fingerprint density at radius 3 is 2.86 bits per heavy atom. The molecular formula is C9H12N2O2S. The zero-order chi connectivity index (χ0) is 10.6. The third kappa shape index (κ3) is 2.38. The van der Waals surface area contributed by atoms with Gasteiger partial charge in [0.15, 0.2) is 0 Å². The number of hydrogen-bond donors (Lipinski definition) is 1. The van der Waals surface area contributed by atoms with Gasteiger partial charge in [-0.15, -0.1) is 0 Å². The average molecular weight is 212 g/mol. The average Bonchev–Trinajstić information content (AvgIpc) is 2.16. The van der Waals surface area contributed by atoms with E-state index in [4.69, 9.17) is 5.73 Å². The maximum absolute atomic E-state index is 10.6. The van der Waals surface area contributed by atoms with Crippen molar-refractivity contribution in [2.75, 3.05) is 11.5 Å². The van der Waals surface area contributed by atoms with Gasteiger partial charge >= 0.3 is 0 Å². The van der Waals surface area contributed by atoms with Crippen LogP contribution in [0.2, 0.25) is 0 Å². The second kappa shape index (κ2) is 4.85. The first-order valence-electron chi connectivity index (χ1n) is 4.26. The van der Waals surface area contributed by atoms with Crippen LogP contribution in [0.3, 0.4) is 0 Å². The van der Waals surface area contributed by atoms with Gasteiger partial charge < -0.3 is 5.73 Å². The molecule has 4 nitrogen and oxygen atoms in total. The number of nitrogens with two attached hydrogens (primary N) is 1. The lowest BCUT2D eigenvalue weighted by Gasteiger charge is -2.04. The molecule has 0 unspecified atom stereocenters. The maximum Gasteiger partial charge on any atom is 0.292 e. The van der Waals surface area contributed by atoms with E-state index in [-0.39, 0.29) is 5.69 Å². The molecule has 1 aromatic rings. The van der Waals surface area contributed by atoms with Crippen LogP contribution in [0.5, 0.6) is 0 Å². The molecule has 0 aromatic heterocycles. The molecule has 0 saturated heterocycles. The van der Waals surface area contributed by atoms with E-state index in [2.05, 4.69) is 0 Å².